The first-order valence-corrected chi connectivity index (χ1v) is 5.70. The minimum absolute atomic E-state index is 0.0624. The van der Waals surface area contributed by atoms with Gasteiger partial charge in [0.25, 0.3) is 0 Å². The van der Waals surface area contributed by atoms with Crippen LogP contribution in [0, 0.1) is 6.92 Å². The van der Waals surface area contributed by atoms with Crippen molar-refractivity contribution in [1.29, 1.82) is 0 Å². The van der Waals surface area contributed by atoms with Crippen LogP contribution >= 0.6 is 24.0 Å². The van der Waals surface area contributed by atoms with Gasteiger partial charge in [-0.15, -0.1) is 11.8 Å². The lowest BCUT2D eigenvalue weighted by atomic mass is 10.4. The first kappa shape index (κ1) is 11.5. The van der Waals surface area contributed by atoms with Crippen LogP contribution in [0.4, 0.5) is 0 Å². The molecule has 1 aromatic heterocycles. The summed E-state index contributed by atoms with van der Waals surface area (Å²) in [5.41, 5.74) is 0. The van der Waals surface area contributed by atoms with Gasteiger partial charge in [0.1, 0.15) is 0 Å². The maximum absolute atomic E-state index is 5.16. The molecule has 0 aliphatic rings. The Balaban J connectivity index is 2.49. The second-order valence-corrected chi connectivity index (χ2v) is 4.40. The van der Waals surface area contributed by atoms with Crippen LogP contribution in [0.3, 0.4) is 0 Å². The molecule has 1 heterocycles. The summed E-state index contributed by atoms with van der Waals surface area (Å²) in [6.07, 6.45) is 3.54. The summed E-state index contributed by atoms with van der Waals surface area (Å²) in [6.45, 7) is 6.86. The molecular weight excluding hydrogens is 212 g/mol. The average Bonchev–Trinajstić information content (AvgIpc) is 2.19. The fourth-order valence-corrected chi connectivity index (χ4v) is 2.01. The van der Waals surface area contributed by atoms with Crippen molar-refractivity contribution in [3.8, 4) is 0 Å². The second-order valence-electron chi connectivity index (χ2n) is 2.68. The molecule has 0 spiro atoms. The lowest BCUT2D eigenvalue weighted by Gasteiger charge is -2.13. The van der Waals surface area contributed by atoms with Crippen molar-refractivity contribution in [3.63, 3.8) is 0 Å². The van der Waals surface area contributed by atoms with Gasteiger partial charge in [0, 0.05) is 23.8 Å². The van der Waals surface area contributed by atoms with E-state index in [0.29, 0.717) is 0 Å². The van der Waals surface area contributed by atoms with Gasteiger partial charge in [-0.05, 0) is 26.0 Å². The van der Waals surface area contributed by atoms with E-state index in [4.69, 9.17) is 12.2 Å². The molecule has 0 saturated carbocycles. The number of hydrogen-bond donors (Lipinski definition) is 1. The Morgan fingerprint density at radius 2 is 2.29 bits per heavy atom. The summed E-state index contributed by atoms with van der Waals surface area (Å²) in [6, 6.07) is 3.91. The second kappa shape index (κ2) is 5.98. The van der Waals surface area contributed by atoms with Gasteiger partial charge in [0.05, 0.1) is 10.2 Å². The maximum atomic E-state index is 5.16. The number of nitrogens with zero attached hydrogens (tertiary/aromatic N) is 1. The molecule has 14 heavy (non-hydrogen) atoms. The Labute approximate surface area is 94.5 Å². The summed E-state index contributed by atoms with van der Waals surface area (Å²) >= 11 is 6.80. The van der Waals surface area contributed by atoms with Crippen LogP contribution in [-0.4, -0.2) is 21.8 Å². The van der Waals surface area contributed by atoms with E-state index in [-0.39, 0.29) is 5.25 Å². The molecule has 75 valence electrons. The monoisotopic (exact) mass is 225 g/mol. The Hall–Kier alpha value is -0.610. The lowest BCUT2D eigenvalue weighted by Crippen LogP contribution is -2.28. The van der Waals surface area contributed by atoms with Crippen molar-refractivity contribution in [2.75, 3.05) is 6.54 Å². The van der Waals surface area contributed by atoms with E-state index < -0.39 is 0 Å². The Bertz CT molecular complexity index is 287. The minimum Gasteiger partial charge on any atom is -0.379 e. The highest BCUT2D eigenvalue weighted by molar-refractivity contribution is 8.01. The van der Waals surface area contributed by atoms with E-state index in [2.05, 4.69) is 17.2 Å². The molecule has 0 aromatic carbocycles. The largest absolute Gasteiger partial charge is 0.379 e. The highest BCUT2D eigenvalue weighted by atomic mass is 32.2. The van der Waals surface area contributed by atoms with Crippen molar-refractivity contribution in [1.82, 2.24) is 10.3 Å². The highest BCUT2D eigenvalue weighted by Crippen LogP contribution is 2.22. The first-order chi connectivity index (χ1) is 6.74. The predicted octanol–water partition coefficient (Wildman–Crippen LogP) is 2.31. The van der Waals surface area contributed by atoms with Gasteiger partial charge in [0.15, 0.2) is 0 Å². The molecule has 1 unspecified atom stereocenters. The first-order valence-electron chi connectivity index (χ1n) is 4.41. The van der Waals surface area contributed by atoms with Crippen LogP contribution in [0.15, 0.2) is 29.4 Å². The van der Waals surface area contributed by atoms with Crippen molar-refractivity contribution in [3.05, 3.63) is 31.5 Å². The minimum atomic E-state index is 0.0624. The molecule has 1 radical (unpaired) electrons. The molecule has 4 heteroatoms. The molecular formula is C10H13N2S2. The third-order valence-electron chi connectivity index (χ3n) is 1.57. The van der Waals surface area contributed by atoms with Crippen LogP contribution in [0.1, 0.15) is 6.92 Å². The van der Waals surface area contributed by atoms with Gasteiger partial charge in [-0.25, -0.2) is 0 Å². The van der Waals surface area contributed by atoms with Gasteiger partial charge < -0.3 is 5.32 Å². The number of nitrogens with one attached hydrogen (secondary N) is 1. The van der Waals surface area contributed by atoms with E-state index in [1.165, 1.54) is 0 Å². The summed E-state index contributed by atoms with van der Waals surface area (Å²) in [7, 11) is 0. The Kier molecular flexibility index (Phi) is 4.90. The Morgan fingerprint density at radius 1 is 1.64 bits per heavy atom. The van der Waals surface area contributed by atoms with E-state index in [1.807, 2.05) is 19.1 Å². The van der Waals surface area contributed by atoms with Gasteiger partial charge in [0.2, 0.25) is 0 Å². The number of thiocarbonyl (C=S) groups is 1. The van der Waals surface area contributed by atoms with E-state index in [9.17, 15) is 0 Å². The molecule has 0 aliphatic heterocycles. The standard InChI is InChI=1S/C10H13N2S2/c1-3-12-10(13)8(2)14-9-4-6-11-7-5-9/h4-8H,2-3H2,1H3,(H,12,13). The van der Waals surface area contributed by atoms with Crippen molar-refractivity contribution in [2.24, 2.45) is 0 Å². The number of aromatic nitrogens is 1. The summed E-state index contributed by atoms with van der Waals surface area (Å²) in [5, 5.41) is 3.16. The van der Waals surface area contributed by atoms with E-state index in [0.717, 1.165) is 16.4 Å². The highest BCUT2D eigenvalue weighted by Gasteiger charge is 2.08. The molecule has 0 fully saturated rings. The van der Waals surface area contributed by atoms with Crippen molar-refractivity contribution >= 4 is 29.0 Å². The topological polar surface area (TPSA) is 24.9 Å². The average molecular weight is 225 g/mol. The smallest absolute Gasteiger partial charge is 0.0888 e. The normalized spacial score (nSPS) is 12.1. The van der Waals surface area contributed by atoms with Gasteiger partial charge in [-0.3, -0.25) is 4.98 Å². The lowest BCUT2D eigenvalue weighted by molar-refractivity contribution is 0.968. The van der Waals surface area contributed by atoms with Crippen LogP contribution in [0.25, 0.3) is 0 Å². The fourth-order valence-electron chi connectivity index (χ4n) is 0.923. The number of rotatable bonds is 4. The molecule has 1 N–H and O–H groups in total. The van der Waals surface area contributed by atoms with E-state index in [1.54, 1.807) is 24.2 Å². The quantitative estimate of drug-likeness (QED) is 0.628. The maximum Gasteiger partial charge on any atom is 0.0888 e. The van der Waals surface area contributed by atoms with Crippen molar-refractivity contribution in [2.45, 2.75) is 17.1 Å². The number of pyridine rings is 1. The summed E-state index contributed by atoms with van der Waals surface area (Å²) < 4.78 is 0. The zero-order chi connectivity index (χ0) is 10.4. The van der Waals surface area contributed by atoms with Crippen LogP contribution in [-0.2, 0) is 0 Å². The third-order valence-corrected chi connectivity index (χ3v) is 3.21. The predicted molar refractivity (Wildman–Crippen MR) is 65.5 cm³/mol. The van der Waals surface area contributed by atoms with Gasteiger partial charge >= 0.3 is 0 Å². The van der Waals surface area contributed by atoms with Crippen molar-refractivity contribution < 1.29 is 0 Å². The SMILES string of the molecule is [CH2]C(Sc1ccncc1)C(=S)NCC. The molecule has 0 amide bonds. The summed E-state index contributed by atoms with van der Waals surface area (Å²) in [5.74, 6) is 0. The number of thioether (sulfide) groups is 1. The summed E-state index contributed by atoms with van der Waals surface area (Å²) in [4.78, 5) is 5.89. The molecule has 0 aliphatic carbocycles. The Morgan fingerprint density at radius 3 is 2.86 bits per heavy atom. The zero-order valence-corrected chi connectivity index (χ0v) is 9.70. The third kappa shape index (κ3) is 3.64. The molecule has 0 saturated heterocycles. The van der Waals surface area contributed by atoms with Crippen LogP contribution in [0.2, 0.25) is 0 Å². The zero-order valence-electron chi connectivity index (χ0n) is 8.06. The molecule has 1 aromatic rings. The van der Waals surface area contributed by atoms with Crippen LogP contribution < -0.4 is 5.32 Å². The van der Waals surface area contributed by atoms with Crippen LogP contribution in [0.5, 0.6) is 0 Å². The molecule has 2 nitrogen and oxygen atoms in total. The molecule has 1 rings (SSSR count). The fraction of sp³-hybridized carbons (Fsp3) is 0.300. The molecule has 1 atom stereocenters. The van der Waals surface area contributed by atoms with E-state index >= 15 is 0 Å². The van der Waals surface area contributed by atoms with Gasteiger partial charge in [-0.1, -0.05) is 12.2 Å². The molecule has 0 bridgehead atoms. The van der Waals surface area contributed by atoms with Gasteiger partial charge in [-0.2, -0.15) is 0 Å². The number of hydrogen-bond acceptors (Lipinski definition) is 3.